The molecule has 0 bridgehead atoms. The first kappa shape index (κ1) is 16.8. The summed E-state index contributed by atoms with van der Waals surface area (Å²) in [5, 5.41) is 4.57. The molecule has 2 aromatic rings. The molecule has 2 aromatic heterocycles. The number of nitrogens with zero attached hydrogens (tertiary/aromatic N) is 4. The zero-order valence-corrected chi connectivity index (χ0v) is 14.7. The van der Waals surface area contributed by atoms with E-state index in [4.69, 9.17) is 5.73 Å². The maximum atomic E-state index is 12.1. The fraction of sp³-hybridized carbons (Fsp3) is 0.474. The van der Waals surface area contributed by atoms with E-state index in [1.165, 1.54) is 12.8 Å². The molecule has 1 saturated carbocycles. The van der Waals surface area contributed by atoms with Crippen molar-refractivity contribution in [2.45, 2.75) is 38.1 Å². The summed E-state index contributed by atoms with van der Waals surface area (Å²) in [5.74, 6) is 0.473. The molecule has 0 unspecified atom stereocenters. The minimum atomic E-state index is -0.511. The van der Waals surface area contributed by atoms with E-state index in [0.29, 0.717) is 18.4 Å². The Morgan fingerprint density at radius 3 is 2.62 bits per heavy atom. The van der Waals surface area contributed by atoms with Crippen molar-refractivity contribution >= 4 is 11.6 Å². The van der Waals surface area contributed by atoms with Gasteiger partial charge in [-0.15, -0.1) is 0 Å². The monoisotopic (exact) mass is 353 g/mol. The van der Waals surface area contributed by atoms with Gasteiger partial charge in [0.2, 0.25) is 0 Å². The largest absolute Gasteiger partial charge is 0.371 e. The lowest BCUT2D eigenvalue weighted by Gasteiger charge is -2.33. The number of nitrogens with two attached hydrogens (primary N) is 1. The summed E-state index contributed by atoms with van der Waals surface area (Å²) < 4.78 is 1.64. The summed E-state index contributed by atoms with van der Waals surface area (Å²) in [6.45, 7) is 2.43. The van der Waals surface area contributed by atoms with E-state index in [9.17, 15) is 9.59 Å². The summed E-state index contributed by atoms with van der Waals surface area (Å²) in [4.78, 5) is 29.7. The van der Waals surface area contributed by atoms with E-state index in [1.54, 1.807) is 23.0 Å². The first-order valence-electron chi connectivity index (χ1n) is 9.19. The van der Waals surface area contributed by atoms with Crippen LogP contribution in [-0.4, -0.2) is 33.8 Å². The average Bonchev–Trinajstić information content (AvgIpc) is 3.49. The smallest absolute Gasteiger partial charge is 0.267 e. The molecule has 2 aliphatic rings. The Balaban J connectivity index is 1.39. The van der Waals surface area contributed by atoms with Crippen LogP contribution in [0.3, 0.4) is 0 Å². The van der Waals surface area contributed by atoms with Crippen LogP contribution in [0.1, 0.15) is 47.8 Å². The van der Waals surface area contributed by atoms with Crippen molar-refractivity contribution in [1.29, 1.82) is 0 Å². The molecule has 1 aliphatic heterocycles. The van der Waals surface area contributed by atoms with Crippen LogP contribution in [0.2, 0.25) is 0 Å². The van der Waals surface area contributed by atoms with Crippen molar-refractivity contribution in [2.75, 3.05) is 18.0 Å². The van der Waals surface area contributed by atoms with Crippen LogP contribution in [0, 0.1) is 5.92 Å². The molecule has 136 valence electrons. The number of amides is 1. The molecule has 1 saturated heterocycles. The zero-order chi connectivity index (χ0) is 18.1. The normalized spacial score (nSPS) is 18.1. The van der Waals surface area contributed by atoms with Crippen molar-refractivity contribution in [3.63, 3.8) is 0 Å². The SMILES string of the molecule is NC(=O)c1cc(N2CCC(Cn3nc(C4CC4)ccc3=O)CC2)ccn1. The Kier molecular flexibility index (Phi) is 4.44. The van der Waals surface area contributed by atoms with Gasteiger partial charge in [-0.1, -0.05) is 0 Å². The Morgan fingerprint density at radius 1 is 1.15 bits per heavy atom. The van der Waals surface area contributed by atoms with Crippen molar-refractivity contribution < 1.29 is 4.79 Å². The highest BCUT2D eigenvalue weighted by atomic mass is 16.1. The lowest BCUT2D eigenvalue weighted by molar-refractivity contribution is 0.0995. The number of aromatic nitrogens is 3. The molecular formula is C19H23N5O2. The molecule has 7 nitrogen and oxygen atoms in total. The standard InChI is InChI=1S/C19H23N5O2/c20-19(26)17-11-15(5-8-21-17)23-9-6-13(7-10-23)12-24-18(25)4-3-16(22-24)14-1-2-14/h3-5,8,11,13-14H,1-2,6-7,9-10,12H2,(H2,20,26). The van der Waals surface area contributed by atoms with Crippen LogP contribution in [0.25, 0.3) is 0 Å². The third-order valence-electron chi connectivity index (χ3n) is 5.29. The lowest BCUT2D eigenvalue weighted by atomic mass is 9.96. The van der Waals surface area contributed by atoms with Crippen LogP contribution in [0.4, 0.5) is 5.69 Å². The molecule has 2 fully saturated rings. The summed E-state index contributed by atoms with van der Waals surface area (Å²) in [7, 11) is 0. The third-order valence-corrected chi connectivity index (χ3v) is 5.29. The number of rotatable bonds is 5. The van der Waals surface area contributed by atoms with Crippen molar-refractivity contribution in [3.05, 3.63) is 52.2 Å². The van der Waals surface area contributed by atoms with Crippen LogP contribution >= 0.6 is 0 Å². The van der Waals surface area contributed by atoms with E-state index in [0.717, 1.165) is 37.3 Å². The molecule has 0 radical (unpaired) electrons. The summed E-state index contributed by atoms with van der Waals surface area (Å²) >= 11 is 0. The Bertz CT molecular complexity index is 866. The predicted octanol–water partition coefficient (Wildman–Crippen LogP) is 1.53. The highest BCUT2D eigenvalue weighted by Crippen LogP contribution is 2.38. The number of carbonyl (C=O) groups excluding carboxylic acids is 1. The minimum Gasteiger partial charge on any atom is -0.371 e. The van der Waals surface area contributed by atoms with Crippen molar-refractivity contribution in [3.8, 4) is 0 Å². The number of pyridine rings is 1. The molecule has 0 spiro atoms. The summed E-state index contributed by atoms with van der Waals surface area (Å²) in [5.41, 5.74) is 7.61. The second kappa shape index (κ2) is 6.90. The molecule has 1 amide bonds. The minimum absolute atomic E-state index is 0.0166. The first-order chi connectivity index (χ1) is 12.6. The maximum Gasteiger partial charge on any atom is 0.267 e. The Morgan fingerprint density at radius 2 is 1.92 bits per heavy atom. The summed E-state index contributed by atoms with van der Waals surface area (Å²) in [6.07, 6.45) is 5.95. The van der Waals surface area contributed by atoms with E-state index < -0.39 is 5.91 Å². The van der Waals surface area contributed by atoms with Crippen molar-refractivity contribution in [2.24, 2.45) is 11.7 Å². The molecule has 7 heteroatoms. The number of primary amides is 1. The number of anilines is 1. The van der Waals surface area contributed by atoms with Crippen LogP contribution in [-0.2, 0) is 6.54 Å². The van der Waals surface area contributed by atoms with Gasteiger partial charge in [0.15, 0.2) is 0 Å². The highest BCUT2D eigenvalue weighted by Gasteiger charge is 2.26. The molecule has 1 aliphatic carbocycles. The second-order valence-corrected chi connectivity index (χ2v) is 7.25. The van der Waals surface area contributed by atoms with Crippen molar-refractivity contribution in [1.82, 2.24) is 14.8 Å². The molecule has 0 aromatic carbocycles. The summed E-state index contributed by atoms with van der Waals surface area (Å²) in [6, 6.07) is 7.17. The van der Waals surface area contributed by atoms with Crippen LogP contribution < -0.4 is 16.2 Å². The van der Waals surface area contributed by atoms with Crippen LogP contribution in [0.5, 0.6) is 0 Å². The average molecular weight is 353 g/mol. The number of piperidine rings is 1. The van der Waals surface area contributed by atoms with Gasteiger partial charge < -0.3 is 10.6 Å². The van der Waals surface area contributed by atoms with E-state index in [1.807, 2.05) is 12.1 Å². The maximum absolute atomic E-state index is 12.1. The quantitative estimate of drug-likeness (QED) is 0.880. The Labute approximate surface area is 151 Å². The van der Waals surface area contributed by atoms with Gasteiger partial charge in [-0.25, -0.2) is 4.68 Å². The van der Waals surface area contributed by atoms with Gasteiger partial charge in [0.05, 0.1) is 5.69 Å². The van der Waals surface area contributed by atoms with E-state index in [-0.39, 0.29) is 11.3 Å². The third kappa shape index (κ3) is 3.61. The number of hydrogen-bond acceptors (Lipinski definition) is 5. The second-order valence-electron chi connectivity index (χ2n) is 7.25. The van der Waals surface area contributed by atoms with Gasteiger partial charge in [0.25, 0.3) is 11.5 Å². The van der Waals surface area contributed by atoms with Gasteiger partial charge in [0.1, 0.15) is 5.69 Å². The molecule has 4 rings (SSSR count). The highest BCUT2D eigenvalue weighted by molar-refractivity contribution is 5.91. The van der Waals surface area contributed by atoms with E-state index >= 15 is 0 Å². The fourth-order valence-electron chi connectivity index (χ4n) is 3.56. The fourth-order valence-corrected chi connectivity index (χ4v) is 3.56. The number of hydrogen-bond donors (Lipinski definition) is 1. The van der Waals surface area contributed by atoms with Crippen LogP contribution in [0.15, 0.2) is 35.3 Å². The Hall–Kier alpha value is -2.70. The molecule has 2 N–H and O–H groups in total. The first-order valence-corrected chi connectivity index (χ1v) is 9.19. The molecular weight excluding hydrogens is 330 g/mol. The topological polar surface area (TPSA) is 94.1 Å². The van der Waals surface area contributed by atoms with Gasteiger partial charge in [0, 0.05) is 43.5 Å². The number of carbonyl (C=O) groups is 1. The van der Waals surface area contributed by atoms with Gasteiger partial charge in [-0.05, 0) is 49.8 Å². The van der Waals surface area contributed by atoms with Gasteiger partial charge in [-0.3, -0.25) is 14.6 Å². The molecule has 26 heavy (non-hydrogen) atoms. The van der Waals surface area contributed by atoms with Gasteiger partial charge in [-0.2, -0.15) is 5.10 Å². The lowest BCUT2D eigenvalue weighted by Crippen LogP contribution is -2.37. The molecule has 3 heterocycles. The van der Waals surface area contributed by atoms with Gasteiger partial charge >= 0.3 is 0 Å². The predicted molar refractivity (Wildman–Crippen MR) is 98.2 cm³/mol. The zero-order valence-electron chi connectivity index (χ0n) is 14.7. The van der Waals surface area contributed by atoms with E-state index in [2.05, 4.69) is 15.0 Å². The molecule has 0 atom stereocenters.